The smallest absolute Gasteiger partial charge is 0.338 e. The van der Waals surface area contributed by atoms with Crippen LogP contribution in [0.3, 0.4) is 0 Å². The molecule has 1 aromatic heterocycles. The van der Waals surface area contributed by atoms with Crippen LogP contribution in [0, 0.1) is 11.6 Å². The third-order valence-electron chi connectivity index (χ3n) is 5.27. The molecule has 2 heterocycles. The van der Waals surface area contributed by atoms with Gasteiger partial charge in [-0.2, -0.15) is 13.2 Å². The van der Waals surface area contributed by atoms with Crippen molar-refractivity contribution in [3.8, 4) is 0 Å². The molecule has 0 amide bonds. The molecule has 31 heavy (non-hydrogen) atoms. The molecule has 0 saturated carbocycles. The van der Waals surface area contributed by atoms with Crippen LogP contribution in [0.25, 0.3) is 0 Å². The fourth-order valence-electron chi connectivity index (χ4n) is 3.74. The van der Waals surface area contributed by atoms with Crippen molar-refractivity contribution in [2.45, 2.75) is 12.2 Å². The Morgan fingerprint density at radius 2 is 1.26 bits per heavy atom. The van der Waals surface area contributed by atoms with Gasteiger partial charge in [0, 0.05) is 32.4 Å². The molecule has 3 aromatic rings. The molecule has 1 saturated heterocycles. The van der Waals surface area contributed by atoms with Crippen molar-refractivity contribution >= 4 is 5.95 Å². The van der Waals surface area contributed by atoms with E-state index in [9.17, 15) is 22.0 Å². The van der Waals surface area contributed by atoms with Gasteiger partial charge in [-0.15, -0.1) is 0 Å². The minimum atomic E-state index is -4.53. The highest BCUT2D eigenvalue weighted by atomic mass is 19.4. The zero-order valence-corrected chi connectivity index (χ0v) is 16.4. The topological polar surface area (TPSA) is 32.3 Å². The Kier molecular flexibility index (Phi) is 5.86. The number of hydrogen-bond acceptors (Lipinski definition) is 4. The summed E-state index contributed by atoms with van der Waals surface area (Å²) >= 11 is 0. The van der Waals surface area contributed by atoms with Crippen molar-refractivity contribution in [2.75, 3.05) is 31.1 Å². The summed E-state index contributed by atoms with van der Waals surface area (Å²) in [5.41, 5.74) is 0.712. The van der Waals surface area contributed by atoms with Gasteiger partial charge in [0.2, 0.25) is 5.95 Å². The van der Waals surface area contributed by atoms with E-state index in [1.165, 1.54) is 24.3 Å². The minimum absolute atomic E-state index is 0.0367. The maximum absolute atomic E-state index is 13.4. The predicted molar refractivity (Wildman–Crippen MR) is 105 cm³/mol. The van der Waals surface area contributed by atoms with Crippen LogP contribution in [0.2, 0.25) is 0 Å². The average molecular weight is 434 g/mol. The van der Waals surface area contributed by atoms with Gasteiger partial charge in [-0.3, -0.25) is 4.90 Å². The molecule has 1 fully saturated rings. The summed E-state index contributed by atoms with van der Waals surface area (Å²) in [6, 6.07) is 12.8. The summed E-state index contributed by atoms with van der Waals surface area (Å²) in [6.45, 7) is 1.86. The molecule has 1 aliphatic heterocycles. The van der Waals surface area contributed by atoms with Crippen LogP contribution in [0.1, 0.15) is 22.9 Å². The lowest BCUT2D eigenvalue weighted by atomic mass is 9.96. The molecule has 4 rings (SSSR count). The minimum Gasteiger partial charge on any atom is -0.338 e. The SMILES string of the molecule is Fc1ccc(C(c2ccc(F)cc2)N2CCN(c3nccc(C(F)(F)F)n3)CC2)cc1. The van der Waals surface area contributed by atoms with Gasteiger partial charge >= 0.3 is 6.18 Å². The monoisotopic (exact) mass is 434 g/mol. The number of nitrogens with zero attached hydrogens (tertiary/aromatic N) is 4. The Labute approximate surface area is 176 Å². The van der Waals surface area contributed by atoms with E-state index in [-0.39, 0.29) is 23.6 Å². The average Bonchev–Trinajstić information content (AvgIpc) is 2.77. The molecular formula is C22H19F5N4. The Hall–Kier alpha value is -3.07. The van der Waals surface area contributed by atoms with E-state index in [0.29, 0.717) is 26.2 Å². The first kappa shape index (κ1) is 21.2. The molecule has 0 bridgehead atoms. The Morgan fingerprint density at radius 3 is 1.74 bits per heavy atom. The number of alkyl halides is 3. The van der Waals surface area contributed by atoms with Gasteiger partial charge in [0.05, 0.1) is 6.04 Å². The van der Waals surface area contributed by atoms with Crippen LogP contribution in [0.4, 0.5) is 27.9 Å². The van der Waals surface area contributed by atoms with Crippen LogP contribution in [0.15, 0.2) is 60.8 Å². The Bertz CT molecular complexity index is 968. The van der Waals surface area contributed by atoms with Crippen LogP contribution in [-0.2, 0) is 6.18 Å². The molecule has 162 valence electrons. The quantitative estimate of drug-likeness (QED) is 0.558. The Morgan fingerprint density at radius 1 is 0.742 bits per heavy atom. The van der Waals surface area contributed by atoms with Crippen molar-refractivity contribution in [3.05, 3.63) is 89.2 Å². The number of aromatic nitrogens is 2. The highest BCUT2D eigenvalue weighted by molar-refractivity contribution is 5.35. The fourth-order valence-corrected chi connectivity index (χ4v) is 3.74. The molecule has 0 atom stereocenters. The summed E-state index contributed by atoms with van der Waals surface area (Å²) < 4.78 is 65.8. The maximum Gasteiger partial charge on any atom is 0.433 e. The third kappa shape index (κ3) is 4.82. The number of benzene rings is 2. The van der Waals surface area contributed by atoms with Crippen LogP contribution >= 0.6 is 0 Å². The molecule has 0 N–H and O–H groups in total. The van der Waals surface area contributed by atoms with Gasteiger partial charge < -0.3 is 4.90 Å². The number of hydrogen-bond donors (Lipinski definition) is 0. The van der Waals surface area contributed by atoms with Gasteiger partial charge in [0.15, 0.2) is 0 Å². The highest BCUT2D eigenvalue weighted by Gasteiger charge is 2.34. The summed E-state index contributed by atoms with van der Waals surface area (Å²) in [7, 11) is 0. The van der Waals surface area contributed by atoms with Gasteiger partial charge in [0.1, 0.15) is 17.3 Å². The largest absolute Gasteiger partial charge is 0.433 e. The second-order valence-corrected chi connectivity index (χ2v) is 7.27. The second-order valence-electron chi connectivity index (χ2n) is 7.27. The van der Waals surface area contributed by atoms with Crippen LogP contribution < -0.4 is 4.90 Å². The number of anilines is 1. The van der Waals surface area contributed by atoms with Gasteiger partial charge in [0.25, 0.3) is 0 Å². The Balaban J connectivity index is 1.55. The molecule has 0 unspecified atom stereocenters. The zero-order chi connectivity index (χ0) is 22.0. The van der Waals surface area contributed by atoms with Gasteiger partial charge in [-0.05, 0) is 41.5 Å². The molecule has 4 nitrogen and oxygen atoms in total. The maximum atomic E-state index is 13.4. The van der Waals surface area contributed by atoms with Crippen molar-refractivity contribution in [1.82, 2.24) is 14.9 Å². The van der Waals surface area contributed by atoms with E-state index in [0.717, 1.165) is 23.4 Å². The number of rotatable bonds is 4. The molecular weight excluding hydrogens is 415 g/mol. The molecule has 0 aliphatic carbocycles. The highest BCUT2D eigenvalue weighted by Crippen LogP contribution is 2.31. The summed E-state index contributed by atoms with van der Waals surface area (Å²) in [5, 5.41) is 0. The summed E-state index contributed by atoms with van der Waals surface area (Å²) in [5.74, 6) is -0.671. The van der Waals surface area contributed by atoms with E-state index in [1.54, 1.807) is 29.2 Å². The third-order valence-corrected chi connectivity index (χ3v) is 5.27. The zero-order valence-electron chi connectivity index (χ0n) is 16.4. The van der Waals surface area contributed by atoms with E-state index in [4.69, 9.17) is 0 Å². The molecule has 9 heteroatoms. The lowest BCUT2D eigenvalue weighted by Crippen LogP contribution is -2.48. The van der Waals surface area contributed by atoms with Gasteiger partial charge in [-0.25, -0.2) is 18.7 Å². The first-order valence-corrected chi connectivity index (χ1v) is 9.71. The number of halogens is 5. The first-order chi connectivity index (χ1) is 14.8. The van der Waals surface area contributed by atoms with Crippen molar-refractivity contribution in [3.63, 3.8) is 0 Å². The normalized spacial score (nSPS) is 15.5. The molecule has 0 radical (unpaired) electrons. The van der Waals surface area contributed by atoms with E-state index >= 15 is 0 Å². The predicted octanol–water partition coefficient (Wildman–Crippen LogP) is 4.69. The van der Waals surface area contributed by atoms with Crippen LogP contribution in [0.5, 0.6) is 0 Å². The first-order valence-electron chi connectivity index (χ1n) is 9.71. The van der Waals surface area contributed by atoms with Crippen molar-refractivity contribution in [1.29, 1.82) is 0 Å². The molecule has 2 aromatic carbocycles. The fraction of sp³-hybridized carbons (Fsp3) is 0.273. The lowest BCUT2D eigenvalue weighted by molar-refractivity contribution is -0.141. The van der Waals surface area contributed by atoms with Crippen molar-refractivity contribution < 1.29 is 22.0 Å². The van der Waals surface area contributed by atoms with Crippen molar-refractivity contribution in [2.24, 2.45) is 0 Å². The molecule has 1 aliphatic rings. The van der Waals surface area contributed by atoms with Crippen LogP contribution in [-0.4, -0.2) is 41.0 Å². The summed E-state index contributed by atoms with van der Waals surface area (Å²) in [6.07, 6.45) is -3.42. The standard InChI is InChI=1S/C22H19F5N4/c23-17-5-1-15(2-6-17)20(16-3-7-18(24)8-4-16)30-11-13-31(14-12-30)21-28-10-9-19(29-21)22(25,26)27/h1-10,20H,11-14H2. The lowest BCUT2D eigenvalue weighted by Gasteiger charge is -2.39. The second kappa shape index (κ2) is 8.58. The van der Waals surface area contributed by atoms with E-state index in [1.807, 2.05) is 0 Å². The summed E-state index contributed by atoms with van der Waals surface area (Å²) in [4.78, 5) is 11.5. The number of piperazine rings is 1. The molecule has 0 spiro atoms. The van der Waals surface area contributed by atoms with E-state index in [2.05, 4.69) is 14.9 Å². The van der Waals surface area contributed by atoms with E-state index < -0.39 is 11.9 Å². The van der Waals surface area contributed by atoms with Gasteiger partial charge in [-0.1, -0.05) is 24.3 Å².